The summed E-state index contributed by atoms with van der Waals surface area (Å²) < 4.78 is 10.8. The lowest BCUT2D eigenvalue weighted by molar-refractivity contribution is -0.117. The van der Waals surface area contributed by atoms with Gasteiger partial charge in [0.15, 0.2) is 6.61 Å². The largest absolute Gasteiger partial charge is 0.484 e. The van der Waals surface area contributed by atoms with Crippen LogP contribution in [0.15, 0.2) is 33.9 Å². The molecule has 2 aromatic rings. The Kier molecular flexibility index (Phi) is 5.37. The van der Waals surface area contributed by atoms with Gasteiger partial charge in [0, 0.05) is 0 Å². The van der Waals surface area contributed by atoms with Crippen LogP contribution >= 0.6 is 11.8 Å². The number of amides is 3. The summed E-state index contributed by atoms with van der Waals surface area (Å²) in [7, 11) is 0. The van der Waals surface area contributed by atoms with Gasteiger partial charge in [-0.05, 0) is 24.6 Å². The smallest absolute Gasteiger partial charge is 0.318 e. The van der Waals surface area contributed by atoms with E-state index in [1.165, 1.54) is 0 Å². The summed E-state index contributed by atoms with van der Waals surface area (Å²) in [6.45, 7) is 2.09. The van der Waals surface area contributed by atoms with E-state index in [1.807, 2.05) is 36.5 Å². The Bertz CT molecular complexity index is 674. The molecule has 0 aliphatic rings. The number of nitrogens with zero attached hydrogens (tertiary/aromatic N) is 2. The zero-order valence-corrected chi connectivity index (χ0v) is 12.6. The molecule has 0 saturated heterocycles. The van der Waals surface area contributed by atoms with Crippen molar-refractivity contribution in [1.29, 1.82) is 0 Å². The van der Waals surface area contributed by atoms with Crippen molar-refractivity contribution in [2.24, 2.45) is 5.73 Å². The fourth-order valence-corrected chi connectivity index (χ4v) is 2.09. The first-order valence-electron chi connectivity index (χ1n) is 6.27. The number of thioether (sulfide) groups is 1. The van der Waals surface area contributed by atoms with Crippen LogP contribution in [0.1, 0.15) is 11.5 Å². The molecular weight excluding hydrogens is 308 g/mol. The maximum absolute atomic E-state index is 11.2. The Morgan fingerprint density at radius 3 is 2.95 bits per heavy atom. The Morgan fingerprint density at radius 2 is 2.23 bits per heavy atom. The highest BCUT2D eigenvalue weighted by Crippen LogP contribution is 2.18. The lowest BCUT2D eigenvalue weighted by Gasteiger charge is -2.03. The third-order valence-corrected chi connectivity index (χ3v) is 3.21. The number of hydrogen-bond donors (Lipinski definition) is 2. The number of rotatable bonds is 6. The van der Waals surface area contributed by atoms with E-state index in [0.29, 0.717) is 11.6 Å². The molecule has 0 unspecified atom stereocenters. The van der Waals surface area contributed by atoms with Gasteiger partial charge in [-0.15, -0.1) is 10.2 Å². The molecule has 8 nitrogen and oxygen atoms in total. The second kappa shape index (κ2) is 7.46. The molecule has 2 rings (SSSR count). The van der Waals surface area contributed by atoms with Gasteiger partial charge in [0.25, 0.3) is 11.1 Å². The number of ether oxygens (including phenoxy) is 1. The summed E-state index contributed by atoms with van der Waals surface area (Å²) in [5, 5.41) is 9.72. The number of carbonyl (C=O) groups is 2. The van der Waals surface area contributed by atoms with Crippen LogP contribution in [0.4, 0.5) is 4.79 Å². The van der Waals surface area contributed by atoms with Gasteiger partial charge in [-0.2, -0.15) is 0 Å². The molecule has 0 atom stereocenters. The predicted octanol–water partition coefficient (Wildman–Crippen LogP) is 1.24. The molecular formula is C13H14N4O4S. The Balaban J connectivity index is 1.81. The highest BCUT2D eigenvalue weighted by molar-refractivity contribution is 7.99. The summed E-state index contributed by atoms with van der Waals surface area (Å²) in [4.78, 5) is 21.7. The molecule has 22 heavy (non-hydrogen) atoms. The van der Waals surface area contributed by atoms with Crippen molar-refractivity contribution < 1.29 is 18.7 Å². The molecule has 0 saturated carbocycles. The van der Waals surface area contributed by atoms with Gasteiger partial charge in [0.05, 0.1) is 5.75 Å². The van der Waals surface area contributed by atoms with Crippen LogP contribution in [0.25, 0.3) is 0 Å². The summed E-state index contributed by atoms with van der Waals surface area (Å²) >= 11 is 1.000. The molecule has 3 N–H and O–H groups in total. The van der Waals surface area contributed by atoms with Gasteiger partial charge in [0.1, 0.15) is 5.75 Å². The highest BCUT2D eigenvalue weighted by atomic mass is 32.2. The molecule has 1 heterocycles. The summed E-state index contributed by atoms with van der Waals surface area (Å²) in [5.74, 6) is 0.407. The van der Waals surface area contributed by atoms with E-state index in [1.54, 1.807) is 0 Å². The molecule has 3 amide bonds. The average Bonchev–Trinajstić information content (AvgIpc) is 2.90. The number of urea groups is 1. The fraction of sp³-hybridized carbons (Fsp3) is 0.231. The molecule has 0 bridgehead atoms. The lowest BCUT2D eigenvalue weighted by Crippen LogP contribution is -2.36. The minimum absolute atomic E-state index is 0.0523. The van der Waals surface area contributed by atoms with Crippen LogP contribution in [-0.2, 0) is 11.4 Å². The van der Waals surface area contributed by atoms with E-state index in [0.717, 1.165) is 17.3 Å². The minimum Gasteiger partial charge on any atom is -0.484 e. The molecule has 1 aromatic heterocycles. The van der Waals surface area contributed by atoms with Crippen molar-refractivity contribution in [3.63, 3.8) is 0 Å². The van der Waals surface area contributed by atoms with E-state index in [9.17, 15) is 9.59 Å². The molecule has 0 fully saturated rings. The lowest BCUT2D eigenvalue weighted by atomic mass is 10.2. The predicted molar refractivity (Wildman–Crippen MR) is 78.3 cm³/mol. The zero-order chi connectivity index (χ0) is 15.9. The molecule has 9 heteroatoms. The van der Waals surface area contributed by atoms with Gasteiger partial charge < -0.3 is 14.9 Å². The summed E-state index contributed by atoms with van der Waals surface area (Å²) in [6.07, 6.45) is 0. The number of nitrogens with one attached hydrogen (secondary N) is 1. The minimum atomic E-state index is -0.900. The van der Waals surface area contributed by atoms with E-state index >= 15 is 0 Å². The van der Waals surface area contributed by atoms with Crippen molar-refractivity contribution >= 4 is 23.7 Å². The number of aryl methyl sites for hydroxylation is 1. The molecule has 0 aliphatic carbocycles. The summed E-state index contributed by atoms with van der Waals surface area (Å²) in [6, 6.07) is 6.67. The van der Waals surface area contributed by atoms with Gasteiger partial charge in [-0.1, -0.05) is 23.9 Å². The summed E-state index contributed by atoms with van der Waals surface area (Å²) in [5.41, 5.74) is 5.91. The van der Waals surface area contributed by atoms with Gasteiger partial charge in [0.2, 0.25) is 5.91 Å². The molecule has 116 valence electrons. The van der Waals surface area contributed by atoms with Crippen molar-refractivity contribution in [3.8, 4) is 5.75 Å². The van der Waals surface area contributed by atoms with Crippen LogP contribution in [0.3, 0.4) is 0 Å². The fourth-order valence-electron chi connectivity index (χ4n) is 1.51. The Hall–Kier alpha value is -2.55. The van der Waals surface area contributed by atoms with Crippen LogP contribution < -0.4 is 15.8 Å². The first kappa shape index (κ1) is 15.8. The highest BCUT2D eigenvalue weighted by Gasteiger charge is 2.11. The van der Waals surface area contributed by atoms with Crippen molar-refractivity contribution in [2.45, 2.75) is 18.8 Å². The van der Waals surface area contributed by atoms with Gasteiger partial charge in [-0.3, -0.25) is 10.1 Å². The second-order valence-corrected chi connectivity index (χ2v) is 5.19. The Morgan fingerprint density at radius 1 is 1.41 bits per heavy atom. The topological polar surface area (TPSA) is 120 Å². The molecule has 0 spiro atoms. The number of hydrogen-bond acceptors (Lipinski definition) is 7. The van der Waals surface area contributed by atoms with Crippen molar-refractivity contribution in [1.82, 2.24) is 15.5 Å². The first-order chi connectivity index (χ1) is 10.5. The normalized spacial score (nSPS) is 10.2. The quantitative estimate of drug-likeness (QED) is 0.768. The van der Waals surface area contributed by atoms with Crippen LogP contribution in [0.5, 0.6) is 5.75 Å². The standard InChI is InChI=1S/C13H14N4O4S/c1-8-3-2-4-9(5-8)20-6-11-16-17-13(21-11)22-7-10(18)15-12(14)19/h2-5H,6-7H2,1H3,(H3,14,15,18,19). The van der Waals surface area contributed by atoms with Gasteiger partial charge in [-0.25, -0.2) is 4.79 Å². The maximum atomic E-state index is 11.2. The second-order valence-electron chi connectivity index (χ2n) is 4.27. The van der Waals surface area contributed by atoms with Crippen LogP contribution in [0, 0.1) is 6.92 Å². The molecule has 0 aliphatic heterocycles. The number of imide groups is 1. The third kappa shape index (κ3) is 5.09. The number of nitrogens with two attached hydrogens (primary N) is 1. The maximum Gasteiger partial charge on any atom is 0.318 e. The number of benzene rings is 1. The van der Waals surface area contributed by atoms with Crippen LogP contribution in [-0.4, -0.2) is 27.9 Å². The van der Waals surface area contributed by atoms with E-state index in [2.05, 4.69) is 10.2 Å². The van der Waals surface area contributed by atoms with E-state index in [4.69, 9.17) is 14.9 Å². The average molecular weight is 322 g/mol. The zero-order valence-electron chi connectivity index (χ0n) is 11.7. The Labute approximate surface area is 130 Å². The van der Waals surface area contributed by atoms with Crippen molar-refractivity contribution in [3.05, 3.63) is 35.7 Å². The first-order valence-corrected chi connectivity index (χ1v) is 7.25. The van der Waals surface area contributed by atoms with E-state index < -0.39 is 11.9 Å². The van der Waals surface area contributed by atoms with Crippen LogP contribution in [0.2, 0.25) is 0 Å². The monoisotopic (exact) mass is 322 g/mol. The third-order valence-electron chi connectivity index (χ3n) is 2.39. The molecule has 1 aromatic carbocycles. The number of primary amides is 1. The molecule has 0 radical (unpaired) electrons. The van der Waals surface area contributed by atoms with Gasteiger partial charge >= 0.3 is 6.03 Å². The number of carbonyl (C=O) groups excluding carboxylic acids is 2. The SMILES string of the molecule is Cc1cccc(OCc2nnc(SCC(=O)NC(N)=O)o2)c1. The number of aromatic nitrogens is 2. The van der Waals surface area contributed by atoms with Crippen molar-refractivity contribution in [2.75, 3.05) is 5.75 Å². The van der Waals surface area contributed by atoms with E-state index in [-0.39, 0.29) is 17.6 Å².